The van der Waals surface area contributed by atoms with Crippen molar-refractivity contribution in [2.75, 3.05) is 20.2 Å². The first-order chi connectivity index (χ1) is 5.24. The lowest BCUT2D eigenvalue weighted by Gasteiger charge is -2.26. The van der Waals surface area contributed by atoms with Crippen LogP contribution in [0.2, 0.25) is 0 Å². The third-order valence-electron chi connectivity index (χ3n) is 2.06. The molecule has 0 aliphatic carbocycles. The molecule has 0 unspecified atom stereocenters. The van der Waals surface area contributed by atoms with Crippen molar-refractivity contribution in [3.63, 3.8) is 0 Å². The Hall–Kier alpha value is -0.610. The van der Waals surface area contributed by atoms with Crippen molar-refractivity contribution >= 4 is 5.97 Å². The van der Waals surface area contributed by atoms with E-state index in [1.165, 1.54) is 7.11 Å². The number of piperidine rings is 1. The Morgan fingerprint density at radius 3 is 2.55 bits per heavy atom. The first-order valence-corrected chi connectivity index (χ1v) is 3.81. The van der Waals surface area contributed by atoms with Crippen LogP contribution in [0.4, 0.5) is 0 Å². The van der Waals surface area contributed by atoms with Crippen molar-refractivity contribution in [2.24, 2.45) is 11.8 Å². The first kappa shape index (κ1) is 8.49. The number of esters is 1. The van der Waals surface area contributed by atoms with Crippen LogP contribution in [0.3, 0.4) is 0 Å². The van der Waals surface area contributed by atoms with Crippen molar-refractivity contribution in [3.8, 4) is 0 Å². The van der Waals surface area contributed by atoms with Gasteiger partial charge in [-0.15, -0.1) is 0 Å². The van der Waals surface area contributed by atoms with Gasteiger partial charge in [-0.3, -0.25) is 10.6 Å². The lowest BCUT2D eigenvalue weighted by atomic mass is 9.98. The zero-order valence-corrected chi connectivity index (χ0v) is 6.75. The van der Waals surface area contributed by atoms with Crippen LogP contribution in [-0.2, 0) is 9.53 Å². The van der Waals surface area contributed by atoms with E-state index >= 15 is 0 Å². The number of nitrogens with two attached hydrogens (primary N) is 1. The Bertz CT molecular complexity index is 141. The highest BCUT2D eigenvalue weighted by molar-refractivity contribution is 5.72. The van der Waals surface area contributed by atoms with E-state index in [0.29, 0.717) is 0 Å². The van der Waals surface area contributed by atoms with Crippen molar-refractivity contribution in [3.05, 3.63) is 0 Å². The summed E-state index contributed by atoms with van der Waals surface area (Å²) in [7, 11) is 1.43. The SMILES string of the molecule is COC(=O)C1CCN(N)CC1. The Morgan fingerprint density at radius 1 is 1.55 bits per heavy atom. The molecule has 0 aromatic heterocycles. The molecule has 2 N–H and O–H groups in total. The monoisotopic (exact) mass is 158 g/mol. The van der Waals surface area contributed by atoms with Crippen LogP contribution >= 0.6 is 0 Å². The van der Waals surface area contributed by atoms with Gasteiger partial charge in [-0.1, -0.05) is 0 Å². The first-order valence-electron chi connectivity index (χ1n) is 3.81. The molecule has 1 heterocycles. The maximum Gasteiger partial charge on any atom is 0.308 e. The fourth-order valence-electron chi connectivity index (χ4n) is 1.30. The van der Waals surface area contributed by atoms with E-state index in [1.54, 1.807) is 5.01 Å². The number of hydrogen-bond donors (Lipinski definition) is 1. The van der Waals surface area contributed by atoms with Crippen LogP contribution < -0.4 is 5.84 Å². The average Bonchev–Trinajstić information content (AvgIpc) is 2.05. The number of hydrazine groups is 1. The van der Waals surface area contributed by atoms with E-state index in [4.69, 9.17) is 5.84 Å². The molecule has 4 nitrogen and oxygen atoms in total. The minimum Gasteiger partial charge on any atom is -0.469 e. The molecule has 64 valence electrons. The second kappa shape index (κ2) is 3.69. The highest BCUT2D eigenvalue weighted by Gasteiger charge is 2.23. The summed E-state index contributed by atoms with van der Waals surface area (Å²) in [5.74, 6) is 5.49. The lowest BCUT2D eigenvalue weighted by Crippen LogP contribution is -2.40. The molecule has 1 rings (SSSR count). The van der Waals surface area contributed by atoms with Gasteiger partial charge in [0.15, 0.2) is 0 Å². The Labute approximate surface area is 66.3 Å². The second-order valence-corrected chi connectivity index (χ2v) is 2.83. The standard InChI is InChI=1S/C7H14N2O2/c1-11-7(10)6-2-4-9(8)5-3-6/h6H,2-5,8H2,1H3. The third-order valence-corrected chi connectivity index (χ3v) is 2.06. The summed E-state index contributed by atoms with van der Waals surface area (Å²) in [6.45, 7) is 1.58. The summed E-state index contributed by atoms with van der Waals surface area (Å²) in [5, 5.41) is 1.74. The smallest absolute Gasteiger partial charge is 0.308 e. The Balaban J connectivity index is 2.33. The number of hydrogen-bond acceptors (Lipinski definition) is 4. The molecule has 0 radical (unpaired) electrons. The normalized spacial score (nSPS) is 21.6. The van der Waals surface area contributed by atoms with E-state index < -0.39 is 0 Å². The molecule has 0 spiro atoms. The van der Waals surface area contributed by atoms with Gasteiger partial charge in [0, 0.05) is 13.1 Å². The number of carbonyl (C=O) groups is 1. The molecule has 1 saturated heterocycles. The molecular weight excluding hydrogens is 144 g/mol. The molecule has 0 atom stereocenters. The Kier molecular flexibility index (Phi) is 2.84. The van der Waals surface area contributed by atoms with Crippen LogP contribution in [0.1, 0.15) is 12.8 Å². The second-order valence-electron chi connectivity index (χ2n) is 2.83. The molecule has 0 bridgehead atoms. The van der Waals surface area contributed by atoms with Gasteiger partial charge in [-0.2, -0.15) is 0 Å². The largest absolute Gasteiger partial charge is 0.469 e. The number of ether oxygens (including phenoxy) is 1. The molecule has 0 aromatic carbocycles. The molecule has 0 aromatic rings. The summed E-state index contributed by atoms with van der Waals surface area (Å²) < 4.78 is 4.63. The molecule has 11 heavy (non-hydrogen) atoms. The van der Waals surface area contributed by atoms with Crippen LogP contribution in [-0.4, -0.2) is 31.2 Å². The summed E-state index contributed by atoms with van der Waals surface area (Å²) in [6.07, 6.45) is 1.65. The topological polar surface area (TPSA) is 55.6 Å². The fraction of sp³-hybridized carbons (Fsp3) is 0.857. The van der Waals surface area contributed by atoms with Gasteiger partial charge >= 0.3 is 5.97 Å². The maximum absolute atomic E-state index is 11.0. The predicted octanol–water partition coefficient (Wildman–Crippen LogP) is -0.255. The maximum atomic E-state index is 11.0. The zero-order chi connectivity index (χ0) is 8.27. The van der Waals surface area contributed by atoms with E-state index in [0.717, 1.165) is 25.9 Å². The van der Waals surface area contributed by atoms with Gasteiger partial charge in [-0.25, -0.2) is 5.01 Å². The minimum atomic E-state index is -0.0990. The van der Waals surface area contributed by atoms with E-state index in [1.807, 2.05) is 0 Å². The van der Waals surface area contributed by atoms with Gasteiger partial charge in [0.1, 0.15) is 0 Å². The van der Waals surface area contributed by atoms with Crippen LogP contribution in [0.5, 0.6) is 0 Å². The van der Waals surface area contributed by atoms with E-state index in [2.05, 4.69) is 4.74 Å². The fourth-order valence-corrected chi connectivity index (χ4v) is 1.30. The van der Waals surface area contributed by atoms with Crippen molar-refractivity contribution in [1.29, 1.82) is 0 Å². The summed E-state index contributed by atoms with van der Waals surface area (Å²) in [5.41, 5.74) is 0. The predicted molar refractivity (Wildman–Crippen MR) is 40.5 cm³/mol. The van der Waals surface area contributed by atoms with Gasteiger partial charge in [0.25, 0.3) is 0 Å². The quantitative estimate of drug-likeness (QED) is 0.422. The average molecular weight is 158 g/mol. The molecule has 1 aliphatic rings. The Morgan fingerprint density at radius 2 is 2.09 bits per heavy atom. The number of rotatable bonds is 1. The highest BCUT2D eigenvalue weighted by atomic mass is 16.5. The molecule has 0 amide bonds. The minimum absolute atomic E-state index is 0.0693. The van der Waals surface area contributed by atoms with Gasteiger partial charge in [-0.05, 0) is 12.8 Å². The van der Waals surface area contributed by atoms with Gasteiger partial charge in [0.05, 0.1) is 13.0 Å². The number of nitrogens with zero attached hydrogens (tertiary/aromatic N) is 1. The van der Waals surface area contributed by atoms with Crippen molar-refractivity contribution in [2.45, 2.75) is 12.8 Å². The van der Waals surface area contributed by atoms with Crippen LogP contribution in [0.15, 0.2) is 0 Å². The van der Waals surface area contributed by atoms with Crippen LogP contribution in [0.25, 0.3) is 0 Å². The van der Waals surface area contributed by atoms with Gasteiger partial charge < -0.3 is 4.74 Å². The zero-order valence-electron chi connectivity index (χ0n) is 6.75. The van der Waals surface area contributed by atoms with Crippen molar-refractivity contribution < 1.29 is 9.53 Å². The molecule has 0 saturated carbocycles. The summed E-state index contributed by atoms with van der Waals surface area (Å²) >= 11 is 0. The number of carbonyl (C=O) groups excluding carboxylic acids is 1. The van der Waals surface area contributed by atoms with E-state index in [9.17, 15) is 4.79 Å². The summed E-state index contributed by atoms with van der Waals surface area (Å²) in [6, 6.07) is 0. The van der Waals surface area contributed by atoms with Crippen LogP contribution in [0, 0.1) is 5.92 Å². The molecule has 4 heteroatoms. The highest BCUT2D eigenvalue weighted by Crippen LogP contribution is 2.15. The summed E-state index contributed by atoms with van der Waals surface area (Å²) in [4.78, 5) is 11.0. The van der Waals surface area contributed by atoms with Crippen molar-refractivity contribution in [1.82, 2.24) is 5.01 Å². The molecule has 1 aliphatic heterocycles. The lowest BCUT2D eigenvalue weighted by molar-refractivity contribution is -0.147. The molecular formula is C7H14N2O2. The van der Waals surface area contributed by atoms with Gasteiger partial charge in [0.2, 0.25) is 0 Å². The molecule has 1 fully saturated rings. The number of methoxy groups -OCH3 is 1. The third kappa shape index (κ3) is 2.17. The van der Waals surface area contributed by atoms with E-state index in [-0.39, 0.29) is 11.9 Å².